The number of aliphatic hydroxyl groups is 1. The van der Waals surface area contributed by atoms with Gasteiger partial charge in [-0.25, -0.2) is 9.59 Å². The van der Waals surface area contributed by atoms with Gasteiger partial charge in [-0.1, -0.05) is 25.7 Å². The molecule has 0 aromatic heterocycles. The molecule has 2 aliphatic heterocycles. The number of epoxide rings is 1. The number of fused-ring (bicyclic) bond motifs is 3. The molecule has 2 saturated heterocycles. The van der Waals surface area contributed by atoms with Crippen LogP contribution >= 0.6 is 0 Å². The summed E-state index contributed by atoms with van der Waals surface area (Å²) in [5.41, 5.74) is -0.195. The Balaban J connectivity index is 1.68. The fourth-order valence-corrected chi connectivity index (χ4v) is 5.15. The van der Waals surface area contributed by atoms with Crippen molar-refractivity contribution in [2.24, 2.45) is 17.3 Å². The summed E-state index contributed by atoms with van der Waals surface area (Å²) in [6.45, 7) is 13.5. The molecule has 0 spiro atoms. The summed E-state index contributed by atoms with van der Waals surface area (Å²) >= 11 is 0. The first-order chi connectivity index (χ1) is 12.1. The SMILES string of the molecule is C=C1C(=O)O[C@H]2[C@H]1[C@@H](OC(=O)[C@@]1(C)O[C@H]1C)C[C@]1(C)[C@H](O)CCC(=C)[C@H]21. The van der Waals surface area contributed by atoms with Gasteiger partial charge >= 0.3 is 11.9 Å². The molecule has 0 radical (unpaired) electrons. The highest BCUT2D eigenvalue weighted by Crippen LogP contribution is 2.58. The van der Waals surface area contributed by atoms with Crippen molar-refractivity contribution in [1.82, 2.24) is 0 Å². The second kappa shape index (κ2) is 5.42. The fourth-order valence-electron chi connectivity index (χ4n) is 5.15. The molecule has 4 aliphatic rings. The van der Waals surface area contributed by atoms with Crippen molar-refractivity contribution in [2.75, 3.05) is 0 Å². The second-order valence-corrected chi connectivity index (χ2v) is 8.63. The lowest BCUT2D eigenvalue weighted by molar-refractivity contribution is -0.181. The van der Waals surface area contributed by atoms with Gasteiger partial charge in [-0.05, 0) is 33.1 Å². The van der Waals surface area contributed by atoms with Crippen LogP contribution in [0.4, 0.5) is 0 Å². The Bertz CT molecular complexity index is 713. The van der Waals surface area contributed by atoms with Gasteiger partial charge in [0.05, 0.1) is 18.1 Å². The Morgan fingerprint density at radius 3 is 2.62 bits per heavy atom. The smallest absolute Gasteiger partial charge is 0.341 e. The van der Waals surface area contributed by atoms with Gasteiger partial charge in [0.25, 0.3) is 0 Å². The molecule has 142 valence electrons. The first-order valence-corrected chi connectivity index (χ1v) is 9.24. The summed E-state index contributed by atoms with van der Waals surface area (Å²) in [6.07, 6.45) is -0.105. The average molecular weight is 362 g/mol. The monoisotopic (exact) mass is 362 g/mol. The summed E-state index contributed by atoms with van der Waals surface area (Å²) < 4.78 is 16.8. The number of rotatable bonds is 2. The number of carbonyl (C=O) groups excluding carboxylic acids is 2. The predicted octanol–water partition coefficient (Wildman–Crippen LogP) is 1.91. The van der Waals surface area contributed by atoms with Gasteiger partial charge in [0.2, 0.25) is 0 Å². The van der Waals surface area contributed by atoms with Crippen LogP contribution in [0.25, 0.3) is 0 Å². The van der Waals surface area contributed by atoms with Crippen molar-refractivity contribution >= 4 is 11.9 Å². The lowest BCUT2D eigenvalue weighted by Gasteiger charge is -2.54. The van der Waals surface area contributed by atoms with E-state index < -0.39 is 47.2 Å². The Morgan fingerprint density at radius 2 is 2.00 bits per heavy atom. The van der Waals surface area contributed by atoms with Gasteiger partial charge in [0, 0.05) is 16.9 Å². The highest BCUT2D eigenvalue weighted by molar-refractivity contribution is 5.91. The van der Waals surface area contributed by atoms with E-state index >= 15 is 0 Å². The standard InChI is InChI=1S/C20H26O6/c1-9-6-7-13(21)19(4)8-12(24-18(23)20(5)11(3)26-20)14-10(2)17(22)25-16(14)15(9)19/h11-16,21H,1-2,6-8H2,3-5H3/t11-,12-,13+,14+,15+,16-,19+,20-/m0/s1. The van der Waals surface area contributed by atoms with Crippen molar-refractivity contribution in [3.8, 4) is 0 Å². The van der Waals surface area contributed by atoms with E-state index in [1.165, 1.54) is 0 Å². The van der Waals surface area contributed by atoms with Crippen molar-refractivity contribution in [3.05, 3.63) is 24.3 Å². The van der Waals surface area contributed by atoms with E-state index in [0.29, 0.717) is 24.8 Å². The van der Waals surface area contributed by atoms with Gasteiger partial charge in [0.1, 0.15) is 12.2 Å². The number of hydrogen-bond acceptors (Lipinski definition) is 6. The Kier molecular flexibility index (Phi) is 3.70. The number of hydrogen-bond donors (Lipinski definition) is 1. The van der Waals surface area contributed by atoms with Crippen molar-refractivity contribution < 1.29 is 28.9 Å². The van der Waals surface area contributed by atoms with E-state index in [4.69, 9.17) is 14.2 Å². The topological polar surface area (TPSA) is 85.4 Å². The summed E-state index contributed by atoms with van der Waals surface area (Å²) in [7, 11) is 0. The average Bonchev–Trinajstić information content (AvgIpc) is 3.07. The minimum Gasteiger partial charge on any atom is -0.459 e. The molecule has 1 N–H and O–H groups in total. The summed E-state index contributed by atoms with van der Waals surface area (Å²) in [5.74, 6) is -1.47. The normalized spacial score (nSPS) is 49.9. The maximum absolute atomic E-state index is 12.6. The van der Waals surface area contributed by atoms with Crippen LogP contribution in [0.3, 0.4) is 0 Å². The van der Waals surface area contributed by atoms with E-state index in [-0.39, 0.29) is 12.0 Å². The van der Waals surface area contributed by atoms with Crippen molar-refractivity contribution in [1.29, 1.82) is 0 Å². The maximum atomic E-state index is 12.6. The highest BCUT2D eigenvalue weighted by Gasteiger charge is 2.64. The molecule has 0 amide bonds. The van der Waals surface area contributed by atoms with Gasteiger partial charge < -0.3 is 19.3 Å². The number of ether oxygens (including phenoxy) is 3. The summed E-state index contributed by atoms with van der Waals surface area (Å²) in [4.78, 5) is 24.8. The molecule has 4 rings (SSSR count). The summed E-state index contributed by atoms with van der Waals surface area (Å²) in [6, 6.07) is 0. The van der Waals surface area contributed by atoms with Crippen LogP contribution in [0.1, 0.15) is 40.0 Å². The molecule has 0 aromatic carbocycles. The quantitative estimate of drug-likeness (QED) is 0.350. The van der Waals surface area contributed by atoms with Crippen LogP contribution in [-0.4, -0.2) is 47.1 Å². The van der Waals surface area contributed by atoms with Crippen LogP contribution in [0.5, 0.6) is 0 Å². The Labute approximate surface area is 153 Å². The number of aliphatic hydroxyl groups excluding tert-OH is 1. The molecule has 0 aromatic rings. The lowest BCUT2D eigenvalue weighted by atomic mass is 9.53. The van der Waals surface area contributed by atoms with Gasteiger partial charge in [-0.3, -0.25) is 0 Å². The molecule has 2 aliphatic carbocycles. The first kappa shape index (κ1) is 17.7. The van der Waals surface area contributed by atoms with Gasteiger partial charge in [-0.2, -0.15) is 0 Å². The van der Waals surface area contributed by atoms with Crippen molar-refractivity contribution in [3.63, 3.8) is 0 Å². The lowest BCUT2D eigenvalue weighted by Crippen LogP contribution is -2.58. The van der Waals surface area contributed by atoms with E-state index in [1.54, 1.807) is 6.92 Å². The first-order valence-electron chi connectivity index (χ1n) is 9.24. The molecule has 2 heterocycles. The molecule has 26 heavy (non-hydrogen) atoms. The molecule has 0 unspecified atom stereocenters. The zero-order valence-electron chi connectivity index (χ0n) is 15.5. The van der Waals surface area contributed by atoms with E-state index in [0.717, 1.165) is 5.57 Å². The number of carbonyl (C=O) groups is 2. The third kappa shape index (κ3) is 2.24. The fraction of sp³-hybridized carbons (Fsp3) is 0.700. The van der Waals surface area contributed by atoms with Crippen LogP contribution in [0, 0.1) is 17.3 Å². The highest BCUT2D eigenvalue weighted by atomic mass is 16.7. The zero-order chi connectivity index (χ0) is 19.0. The molecule has 6 heteroatoms. The molecule has 4 fully saturated rings. The Hall–Kier alpha value is -1.66. The minimum absolute atomic E-state index is 0.166. The number of esters is 2. The van der Waals surface area contributed by atoms with E-state index in [1.807, 2.05) is 13.8 Å². The third-order valence-corrected chi connectivity index (χ3v) is 7.09. The molecule has 6 nitrogen and oxygen atoms in total. The zero-order valence-corrected chi connectivity index (χ0v) is 15.5. The maximum Gasteiger partial charge on any atom is 0.341 e. The molecular formula is C20H26O6. The van der Waals surface area contributed by atoms with E-state index in [2.05, 4.69) is 13.2 Å². The molecule has 0 bridgehead atoms. The molecular weight excluding hydrogens is 336 g/mol. The van der Waals surface area contributed by atoms with Crippen LogP contribution in [-0.2, 0) is 23.8 Å². The second-order valence-electron chi connectivity index (χ2n) is 8.63. The largest absolute Gasteiger partial charge is 0.459 e. The molecule has 2 saturated carbocycles. The predicted molar refractivity (Wildman–Crippen MR) is 91.9 cm³/mol. The minimum atomic E-state index is -0.938. The molecule has 8 atom stereocenters. The Morgan fingerprint density at radius 1 is 1.35 bits per heavy atom. The van der Waals surface area contributed by atoms with Crippen molar-refractivity contribution in [2.45, 2.75) is 70.1 Å². The van der Waals surface area contributed by atoms with Crippen LogP contribution < -0.4 is 0 Å². The van der Waals surface area contributed by atoms with Crippen LogP contribution in [0.2, 0.25) is 0 Å². The van der Waals surface area contributed by atoms with Gasteiger partial charge in [0.15, 0.2) is 5.60 Å². The summed E-state index contributed by atoms with van der Waals surface area (Å²) in [5, 5.41) is 10.7. The van der Waals surface area contributed by atoms with Gasteiger partial charge in [-0.15, -0.1) is 0 Å². The van der Waals surface area contributed by atoms with Crippen LogP contribution in [0.15, 0.2) is 24.3 Å². The van der Waals surface area contributed by atoms with E-state index in [9.17, 15) is 14.7 Å². The third-order valence-electron chi connectivity index (χ3n) is 7.09.